The lowest BCUT2D eigenvalue weighted by Gasteiger charge is -2.16. The number of hydrogen-bond acceptors (Lipinski definition) is 5. The number of carbonyl (C=O) groups is 1. The maximum absolute atomic E-state index is 13.1. The summed E-state index contributed by atoms with van der Waals surface area (Å²) in [6.45, 7) is 3.61. The predicted octanol–water partition coefficient (Wildman–Crippen LogP) is 5.08. The highest BCUT2D eigenvalue weighted by molar-refractivity contribution is 7.92. The van der Waals surface area contributed by atoms with E-state index in [4.69, 9.17) is 21.1 Å². The van der Waals surface area contributed by atoms with Crippen molar-refractivity contribution in [3.8, 4) is 17.2 Å². The second kappa shape index (κ2) is 9.93. The molecule has 0 aliphatic heterocycles. The Morgan fingerprint density at radius 3 is 2.31 bits per heavy atom. The summed E-state index contributed by atoms with van der Waals surface area (Å²) < 4.78 is 39.8. The molecule has 0 aliphatic rings. The predicted molar refractivity (Wildman–Crippen MR) is 124 cm³/mol. The van der Waals surface area contributed by atoms with Gasteiger partial charge in [-0.25, -0.2) is 8.42 Å². The lowest BCUT2D eigenvalue weighted by atomic mass is 10.2. The maximum Gasteiger partial charge on any atom is 0.262 e. The third-order valence-corrected chi connectivity index (χ3v) is 5.90. The Balaban J connectivity index is 1.96. The summed E-state index contributed by atoms with van der Waals surface area (Å²) in [4.78, 5) is 12.4. The van der Waals surface area contributed by atoms with Crippen LogP contribution in [-0.2, 0) is 10.0 Å². The average molecular weight is 475 g/mol. The van der Waals surface area contributed by atoms with Gasteiger partial charge in [0.25, 0.3) is 15.9 Å². The molecular weight excluding hydrogens is 452 g/mol. The molecule has 0 unspecified atom stereocenters. The Bertz CT molecular complexity index is 1210. The topological polar surface area (TPSA) is 93.7 Å². The van der Waals surface area contributed by atoms with E-state index in [2.05, 4.69) is 10.0 Å². The number of nitrogens with one attached hydrogen (secondary N) is 2. The normalized spacial score (nSPS) is 11.2. The molecule has 0 spiro atoms. The van der Waals surface area contributed by atoms with E-state index in [1.165, 1.54) is 31.4 Å². The molecule has 0 fully saturated rings. The van der Waals surface area contributed by atoms with Crippen molar-refractivity contribution < 1.29 is 22.7 Å². The fourth-order valence-corrected chi connectivity index (χ4v) is 4.12. The monoisotopic (exact) mass is 474 g/mol. The van der Waals surface area contributed by atoms with Crippen LogP contribution < -0.4 is 19.5 Å². The van der Waals surface area contributed by atoms with Gasteiger partial charge in [0.1, 0.15) is 11.5 Å². The van der Waals surface area contributed by atoms with Gasteiger partial charge in [0.2, 0.25) is 0 Å². The van der Waals surface area contributed by atoms with Crippen molar-refractivity contribution in [2.45, 2.75) is 24.8 Å². The Labute approximate surface area is 192 Å². The zero-order valence-electron chi connectivity index (χ0n) is 17.8. The van der Waals surface area contributed by atoms with Crippen LogP contribution in [0.4, 0.5) is 5.69 Å². The number of amides is 1. The van der Waals surface area contributed by atoms with Crippen LogP contribution in [0.5, 0.6) is 17.2 Å². The minimum Gasteiger partial charge on any atom is -0.496 e. The molecule has 7 nitrogen and oxygen atoms in total. The zero-order chi connectivity index (χ0) is 23.3. The minimum absolute atomic E-state index is 0.107. The molecule has 3 aromatic rings. The fraction of sp³-hybridized carbons (Fsp3) is 0.174. The van der Waals surface area contributed by atoms with Crippen LogP contribution in [-0.4, -0.2) is 27.5 Å². The Morgan fingerprint density at radius 2 is 1.66 bits per heavy atom. The van der Waals surface area contributed by atoms with Crippen molar-refractivity contribution in [3.05, 3.63) is 77.3 Å². The fourth-order valence-electron chi connectivity index (χ4n) is 2.86. The van der Waals surface area contributed by atoms with Crippen LogP contribution in [0, 0.1) is 0 Å². The minimum atomic E-state index is -4.08. The van der Waals surface area contributed by atoms with Crippen LogP contribution in [0.2, 0.25) is 5.02 Å². The van der Waals surface area contributed by atoms with Gasteiger partial charge in [-0.3, -0.25) is 9.52 Å². The number of methoxy groups -OCH3 is 1. The molecule has 9 heteroatoms. The summed E-state index contributed by atoms with van der Waals surface area (Å²) in [5.74, 6) is 0.630. The van der Waals surface area contributed by atoms with Crippen molar-refractivity contribution in [2.75, 3.05) is 11.8 Å². The Kier molecular flexibility index (Phi) is 7.27. The molecule has 3 aromatic carbocycles. The molecule has 0 heterocycles. The summed E-state index contributed by atoms with van der Waals surface area (Å²) in [6, 6.07) is 17.5. The smallest absolute Gasteiger partial charge is 0.262 e. The first-order valence-electron chi connectivity index (χ1n) is 9.74. The van der Waals surface area contributed by atoms with E-state index >= 15 is 0 Å². The number of halogens is 1. The molecule has 32 heavy (non-hydrogen) atoms. The van der Waals surface area contributed by atoms with Crippen LogP contribution in [0.1, 0.15) is 24.2 Å². The van der Waals surface area contributed by atoms with Crippen LogP contribution >= 0.6 is 11.6 Å². The Morgan fingerprint density at radius 1 is 0.969 bits per heavy atom. The van der Waals surface area contributed by atoms with Crippen molar-refractivity contribution in [1.82, 2.24) is 5.32 Å². The second-order valence-corrected chi connectivity index (χ2v) is 9.27. The molecular formula is C23H23ClN2O5S. The van der Waals surface area contributed by atoms with E-state index in [0.717, 1.165) is 0 Å². The average Bonchev–Trinajstić information content (AvgIpc) is 2.75. The van der Waals surface area contributed by atoms with Crippen LogP contribution in [0.15, 0.2) is 71.6 Å². The van der Waals surface area contributed by atoms with E-state index in [9.17, 15) is 13.2 Å². The molecule has 0 aliphatic carbocycles. The molecule has 1 amide bonds. The highest BCUT2D eigenvalue weighted by Gasteiger charge is 2.22. The molecule has 168 valence electrons. The van der Waals surface area contributed by atoms with Crippen molar-refractivity contribution in [2.24, 2.45) is 0 Å². The number of anilines is 1. The van der Waals surface area contributed by atoms with Crippen LogP contribution in [0.25, 0.3) is 0 Å². The number of sulfonamides is 1. The van der Waals surface area contributed by atoms with Gasteiger partial charge in [-0.1, -0.05) is 29.8 Å². The van der Waals surface area contributed by atoms with Gasteiger partial charge in [0.05, 0.1) is 23.3 Å². The van der Waals surface area contributed by atoms with Crippen molar-refractivity contribution in [3.63, 3.8) is 0 Å². The van der Waals surface area contributed by atoms with Crippen molar-refractivity contribution in [1.29, 1.82) is 0 Å². The third-order valence-electron chi connectivity index (χ3n) is 4.30. The first kappa shape index (κ1) is 23.4. The van der Waals surface area contributed by atoms with E-state index in [0.29, 0.717) is 10.8 Å². The number of benzene rings is 3. The summed E-state index contributed by atoms with van der Waals surface area (Å²) >= 11 is 6.09. The molecule has 0 radical (unpaired) electrons. The van der Waals surface area contributed by atoms with E-state index in [-0.39, 0.29) is 33.7 Å². The van der Waals surface area contributed by atoms with Gasteiger partial charge in [-0.05, 0) is 62.4 Å². The van der Waals surface area contributed by atoms with Gasteiger partial charge in [-0.2, -0.15) is 0 Å². The Hall–Kier alpha value is -3.23. The quantitative estimate of drug-likeness (QED) is 0.474. The number of para-hydroxylation sites is 1. The number of carbonyl (C=O) groups excluding carboxylic acids is 1. The van der Waals surface area contributed by atoms with Gasteiger partial charge in [0, 0.05) is 11.1 Å². The van der Waals surface area contributed by atoms with E-state index in [1.54, 1.807) is 50.2 Å². The van der Waals surface area contributed by atoms with Crippen molar-refractivity contribution >= 4 is 33.2 Å². The highest BCUT2D eigenvalue weighted by Crippen LogP contribution is 2.34. The van der Waals surface area contributed by atoms with E-state index in [1.807, 2.05) is 6.07 Å². The molecule has 0 atom stereocenters. The van der Waals surface area contributed by atoms with Gasteiger partial charge >= 0.3 is 0 Å². The van der Waals surface area contributed by atoms with Gasteiger partial charge in [0.15, 0.2) is 5.75 Å². The van der Waals surface area contributed by atoms with Gasteiger partial charge < -0.3 is 14.8 Å². The molecule has 2 N–H and O–H groups in total. The highest BCUT2D eigenvalue weighted by atomic mass is 35.5. The number of hydrogen-bond donors (Lipinski definition) is 2. The van der Waals surface area contributed by atoms with Gasteiger partial charge in [-0.15, -0.1) is 0 Å². The molecule has 0 bridgehead atoms. The molecule has 0 saturated carbocycles. The lowest BCUT2D eigenvalue weighted by molar-refractivity contribution is 0.0940. The number of rotatable bonds is 8. The second-order valence-electron chi connectivity index (χ2n) is 7.15. The summed E-state index contributed by atoms with van der Waals surface area (Å²) in [5, 5.41) is 3.06. The SMILES string of the molecule is COc1ccc(S(=O)(=O)Nc2cc(Cl)ccc2Oc2ccccc2)cc1C(=O)NC(C)C. The van der Waals surface area contributed by atoms with Crippen LogP contribution in [0.3, 0.4) is 0 Å². The third kappa shape index (κ3) is 5.72. The maximum atomic E-state index is 13.1. The number of ether oxygens (including phenoxy) is 2. The molecule has 0 aromatic heterocycles. The lowest BCUT2D eigenvalue weighted by Crippen LogP contribution is -2.30. The standard InChI is InChI=1S/C23H23ClN2O5S/c1-15(2)25-23(27)19-14-18(10-12-21(19)30-3)32(28,29)26-20-13-16(24)9-11-22(20)31-17-7-5-4-6-8-17/h4-15,26H,1-3H3,(H,25,27). The summed E-state index contributed by atoms with van der Waals surface area (Å²) in [7, 11) is -2.67. The molecule has 0 saturated heterocycles. The first-order valence-corrected chi connectivity index (χ1v) is 11.6. The summed E-state index contributed by atoms with van der Waals surface area (Å²) in [5.41, 5.74) is 0.265. The van der Waals surface area contributed by atoms with E-state index < -0.39 is 15.9 Å². The largest absolute Gasteiger partial charge is 0.496 e. The molecule has 3 rings (SSSR count). The first-order chi connectivity index (χ1) is 15.2. The summed E-state index contributed by atoms with van der Waals surface area (Å²) in [6.07, 6.45) is 0. The zero-order valence-corrected chi connectivity index (χ0v) is 19.3.